The maximum absolute atomic E-state index is 11.7. The van der Waals surface area contributed by atoms with E-state index in [-0.39, 0.29) is 0 Å². The van der Waals surface area contributed by atoms with Crippen LogP contribution >= 0.6 is 12.0 Å². The number of carbonyl (C=O) groups excluding carboxylic acids is 1. The highest BCUT2D eigenvalue weighted by molar-refractivity contribution is 7.94. The van der Waals surface area contributed by atoms with Gasteiger partial charge in [0.1, 0.15) is 0 Å². The molecule has 0 radical (unpaired) electrons. The van der Waals surface area contributed by atoms with Crippen LogP contribution in [0.5, 0.6) is 0 Å². The number of ether oxygens (including phenoxy) is 1. The van der Waals surface area contributed by atoms with Crippen LogP contribution in [-0.2, 0) is 14.1 Å². The Morgan fingerprint density at radius 3 is 2.88 bits per heavy atom. The van der Waals surface area contributed by atoms with Gasteiger partial charge in [-0.2, -0.15) is 4.33 Å². The van der Waals surface area contributed by atoms with Gasteiger partial charge in [-0.15, -0.1) is 0 Å². The Hall–Kier alpha value is -1.08. The van der Waals surface area contributed by atoms with Crippen molar-refractivity contribution in [2.24, 2.45) is 0 Å². The molecule has 0 N–H and O–H groups in total. The first-order chi connectivity index (χ1) is 8.29. The Balaban J connectivity index is 2.64. The van der Waals surface area contributed by atoms with Gasteiger partial charge in [-0.3, -0.25) is 5.04 Å². The molecular formula is C11H13O5S-. The molecule has 6 heteroatoms. The van der Waals surface area contributed by atoms with E-state index in [9.17, 15) is 10.1 Å². The molecule has 0 aliphatic heterocycles. The van der Waals surface area contributed by atoms with Crippen molar-refractivity contribution in [3.63, 3.8) is 0 Å². The Labute approximate surface area is 104 Å². The zero-order chi connectivity index (χ0) is 12.5. The second kappa shape index (κ2) is 8.08. The summed E-state index contributed by atoms with van der Waals surface area (Å²) < 4.78 is 9.25. The lowest BCUT2D eigenvalue weighted by Gasteiger charge is -2.09. The largest absolute Gasteiger partial charge is 0.691 e. The van der Waals surface area contributed by atoms with Crippen LogP contribution in [0, 0.1) is 0 Å². The van der Waals surface area contributed by atoms with E-state index in [0.29, 0.717) is 29.1 Å². The molecule has 1 rings (SSSR count). The van der Waals surface area contributed by atoms with Crippen LogP contribution in [0.25, 0.3) is 0 Å². The van der Waals surface area contributed by atoms with Crippen LogP contribution in [0.4, 0.5) is 0 Å². The average molecular weight is 257 g/mol. The first kappa shape index (κ1) is 14.0. The van der Waals surface area contributed by atoms with Crippen molar-refractivity contribution in [2.75, 3.05) is 6.61 Å². The molecule has 0 aliphatic carbocycles. The van der Waals surface area contributed by atoms with Gasteiger partial charge in [0.25, 0.3) is 0 Å². The summed E-state index contributed by atoms with van der Waals surface area (Å²) in [5.74, 6) is -0.434. The lowest BCUT2D eigenvalue weighted by Crippen LogP contribution is -2.08. The smallest absolute Gasteiger partial charge is 0.339 e. The molecule has 1 aromatic carbocycles. The Kier molecular flexibility index (Phi) is 6.64. The molecule has 5 nitrogen and oxygen atoms in total. The molecule has 0 atom stereocenters. The molecule has 0 saturated carbocycles. The van der Waals surface area contributed by atoms with Crippen molar-refractivity contribution in [3.8, 4) is 0 Å². The van der Waals surface area contributed by atoms with Gasteiger partial charge in [-0.05, 0) is 18.6 Å². The third kappa shape index (κ3) is 4.74. The molecule has 0 bridgehead atoms. The zero-order valence-electron chi connectivity index (χ0n) is 9.38. The van der Waals surface area contributed by atoms with E-state index in [1.807, 2.05) is 6.92 Å². The van der Waals surface area contributed by atoms with E-state index in [2.05, 4.69) is 9.37 Å². The first-order valence-electron chi connectivity index (χ1n) is 5.19. The van der Waals surface area contributed by atoms with Gasteiger partial charge in [0.2, 0.25) is 0 Å². The molecule has 0 unspecified atom stereocenters. The number of carbonyl (C=O) groups is 1. The number of rotatable bonds is 7. The van der Waals surface area contributed by atoms with Crippen LogP contribution in [0.15, 0.2) is 29.2 Å². The van der Waals surface area contributed by atoms with Crippen molar-refractivity contribution in [1.29, 1.82) is 0 Å². The van der Waals surface area contributed by atoms with Gasteiger partial charge >= 0.3 is 5.97 Å². The zero-order valence-corrected chi connectivity index (χ0v) is 10.2. The van der Waals surface area contributed by atoms with Gasteiger partial charge < -0.3 is 9.99 Å². The summed E-state index contributed by atoms with van der Waals surface area (Å²) in [7, 11) is 0. The highest BCUT2D eigenvalue weighted by Crippen LogP contribution is 2.23. The fraction of sp³-hybridized carbons (Fsp3) is 0.364. The molecule has 1 aromatic rings. The van der Waals surface area contributed by atoms with Crippen LogP contribution in [0.2, 0.25) is 0 Å². The van der Waals surface area contributed by atoms with E-state index in [1.54, 1.807) is 24.3 Å². The molecule has 0 spiro atoms. The van der Waals surface area contributed by atoms with Gasteiger partial charge in [-0.1, -0.05) is 25.5 Å². The lowest BCUT2D eigenvalue weighted by atomic mass is 10.2. The van der Waals surface area contributed by atoms with Crippen molar-refractivity contribution in [1.82, 2.24) is 0 Å². The molecule has 0 saturated heterocycles. The number of esters is 1. The summed E-state index contributed by atoms with van der Waals surface area (Å²) in [6, 6.07) is 6.67. The van der Waals surface area contributed by atoms with Crippen LogP contribution in [0.1, 0.15) is 30.1 Å². The van der Waals surface area contributed by atoms with Crippen molar-refractivity contribution in [2.45, 2.75) is 24.7 Å². The van der Waals surface area contributed by atoms with Crippen LogP contribution in [0.3, 0.4) is 0 Å². The molecular weight excluding hydrogens is 244 g/mol. The quantitative estimate of drug-likeness (QED) is 0.244. The SMILES string of the molecule is CCCCOC(=O)c1ccccc1SOO[O-]. The molecule has 0 fully saturated rings. The van der Waals surface area contributed by atoms with Crippen LogP contribution in [-0.4, -0.2) is 12.6 Å². The van der Waals surface area contributed by atoms with E-state index in [0.717, 1.165) is 12.8 Å². The summed E-state index contributed by atoms with van der Waals surface area (Å²) in [5, 5.41) is 13.0. The summed E-state index contributed by atoms with van der Waals surface area (Å²) in [5.41, 5.74) is 0.352. The van der Waals surface area contributed by atoms with Gasteiger partial charge in [0.15, 0.2) is 0 Å². The summed E-state index contributed by atoms with van der Waals surface area (Å²) in [4.78, 5) is 12.2. The first-order valence-corrected chi connectivity index (χ1v) is 5.93. The maximum Gasteiger partial charge on any atom is 0.339 e. The summed E-state index contributed by atoms with van der Waals surface area (Å²) in [6.45, 7) is 2.39. The predicted molar refractivity (Wildman–Crippen MR) is 59.7 cm³/mol. The molecule has 94 valence electrons. The topological polar surface area (TPSA) is 67.8 Å². The van der Waals surface area contributed by atoms with Crippen LogP contribution < -0.4 is 5.26 Å². The Morgan fingerprint density at radius 1 is 1.41 bits per heavy atom. The molecule has 0 amide bonds. The van der Waals surface area contributed by atoms with Gasteiger partial charge in [0.05, 0.1) is 29.1 Å². The lowest BCUT2D eigenvalue weighted by molar-refractivity contribution is -0.777. The number of unbranched alkanes of at least 4 members (excludes halogenated alkanes) is 1. The minimum atomic E-state index is -0.434. The fourth-order valence-corrected chi connectivity index (χ4v) is 1.62. The Morgan fingerprint density at radius 2 is 2.18 bits per heavy atom. The fourth-order valence-electron chi connectivity index (χ4n) is 1.15. The van der Waals surface area contributed by atoms with Crippen molar-refractivity contribution in [3.05, 3.63) is 29.8 Å². The van der Waals surface area contributed by atoms with Gasteiger partial charge in [0, 0.05) is 0 Å². The van der Waals surface area contributed by atoms with E-state index in [1.165, 1.54) is 0 Å². The molecule has 0 aliphatic rings. The molecule has 17 heavy (non-hydrogen) atoms. The monoisotopic (exact) mass is 257 g/mol. The normalized spacial score (nSPS) is 10.2. The summed E-state index contributed by atoms with van der Waals surface area (Å²) >= 11 is 0.679. The average Bonchev–Trinajstić information content (AvgIpc) is 2.37. The van der Waals surface area contributed by atoms with Crippen molar-refractivity contribution >= 4 is 18.0 Å². The molecule has 0 aromatic heterocycles. The number of hydrogen-bond donors (Lipinski definition) is 0. The molecule has 0 heterocycles. The Bertz CT molecular complexity index is 355. The second-order valence-corrected chi connectivity index (χ2v) is 3.95. The summed E-state index contributed by atoms with van der Waals surface area (Å²) in [6.07, 6.45) is 1.78. The van der Waals surface area contributed by atoms with E-state index in [4.69, 9.17) is 4.74 Å². The second-order valence-electron chi connectivity index (χ2n) is 3.21. The maximum atomic E-state index is 11.7. The highest BCUT2D eigenvalue weighted by atomic mass is 32.2. The minimum absolute atomic E-state index is 0.352. The predicted octanol–water partition coefficient (Wildman–Crippen LogP) is 1.87. The highest BCUT2D eigenvalue weighted by Gasteiger charge is 2.13. The number of benzene rings is 1. The standard InChI is InChI=1S/C11H14O5S/c1-2-3-8-14-11(12)9-6-4-5-7-10(9)17-16-15-13/h4-7,13H,2-3,8H2,1H3/p-1. The van der Waals surface area contributed by atoms with E-state index >= 15 is 0 Å². The number of hydrogen-bond acceptors (Lipinski definition) is 6. The third-order valence-corrected chi connectivity index (χ3v) is 2.65. The van der Waals surface area contributed by atoms with Gasteiger partial charge in [-0.25, -0.2) is 4.79 Å². The third-order valence-electron chi connectivity index (χ3n) is 1.99. The van der Waals surface area contributed by atoms with Crippen molar-refractivity contribution < 1.29 is 24.2 Å². The van der Waals surface area contributed by atoms with E-state index < -0.39 is 5.97 Å². The minimum Gasteiger partial charge on any atom is -0.691 e.